The van der Waals surface area contributed by atoms with Crippen LogP contribution in [0.5, 0.6) is 0 Å². The Morgan fingerprint density at radius 3 is 2.60 bits per heavy atom. The third-order valence-corrected chi connectivity index (χ3v) is 11.1. The summed E-state index contributed by atoms with van der Waals surface area (Å²) in [6.07, 6.45) is 2.33. The number of allylic oxidation sites excluding steroid dienone is 1. The van der Waals surface area contributed by atoms with Gasteiger partial charge < -0.3 is 23.8 Å². The summed E-state index contributed by atoms with van der Waals surface area (Å²) >= 11 is 0. The number of benzene rings is 1. The zero-order valence-corrected chi connectivity index (χ0v) is 25.6. The summed E-state index contributed by atoms with van der Waals surface area (Å²) in [4.78, 5) is 28.9. The lowest BCUT2D eigenvalue weighted by atomic mass is 9.59. The monoisotopic (exact) mass is 591 g/mol. The van der Waals surface area contributed by atoms with Crippen molar-refractivity contribution < 1.29 is 37.8 Å². The maximum absolute atomic E-state index is 14.9. The van der Waals surface area contributed by atoms with Gasteiger partial charge in [-0.3, -0.25) is 4.79 Å². The molecule has 2 heterocycles. The van der Waals surface area contributed by atoms with Crippen molar-refractivity contribution in [2.45, 2.75) is 78.5 Å². The molecule has 1 spiro atoms. The average molecular weight is 592 g/mol. The van der Waals surface area contributed by atoms with Crippen LogP contribution in [0.4, 0.5) is 4.39 Å². The topological polar surface area (TPSA) is 108 Å². The molecule has 0 radical (unpaired) electrons. The molecular weight excluding hydrogens is 553 g/mol. The number of hydrogen-bond acceptors (Lipinski definition) is 8. The molecule has 1 saturated heterocycles. The van der Waals surface area contributed by atoms with Gasteiger partial charge in [-0.1, -0.05) is 50.2 Å². The molecule has 1 N–H and O–H groups in total. The van der Waals surface area contributed by atoms with E-state index in [4.69, 9.17) is 18.7 Å². The summed E-state index contributed by atoms with van der Waals surface area (Å²) in [5.74, 6) is -2.65. The standard InChI is InChI=1S/C34H38FNO7/c1-16-14-33-17(2)12-22-25(31(22,4)5)21(27(33)37)13-19-15-40-32(6,7)42-29(19)34(33,39)28(16)41-30(38)24-18(3)43-36-26(24)20-10-8-9-11-23(20)35/h8-11,13-14,17,21-22,25,28-29,39H,12,15H2,1-7H3. The quantitative estimate of drug-likeness (QED) is 0.364. The first-order valence-corrected chi connectivity index (χ1v) is 15.1. The first kappa shape index (κ1) is 28.6. The Kier molecular flexibility index (Phi) is 5.96. The molecule has 2 saturated carbocycles. The summed E-state index contributed by atoms with van der Waals surface area (Å²) in [7, 11) is 0. The molecule has 4 aliphatic carbocycles. The number of fused-ring (bicyclic) bond motifs is 5. The predicted octanol–water partition coefficient (Wildman–Crippen LogP) is 5.58. The normalized spacial score (nSPS) is 38.5. The number of ether oxygens (including phenoxy) is 3. The molecule has 1 aliphatic heterocycles. The van der Waals surface area contributed by atoms with E-state index in [9.17, 15) is 19.1 Å². The second kappa shape index (κ2) is 8.96. The Labute approximate surface area is 250 Å². The zero-order chi connectivity index (χ0) is 30.9. The highest BCUT2D eigenvalue weighted by molar-refractivity contribution is 5.98. The lowest BCUT2D eigenvalue weighted by Crippen LogP contribution is -2.68. The van der Waals surface area contributed by atoms with E-state index in [-0.39, 0.29) is 52.2 Å². The molecule has 9 heteroatoms. The maximum atomic E-state index is 14.9. The van der Waals surface area contributed by atoms with Crippen molar-refractivity contribution in [1.82, 2.24) is 5.16 Å². The van der Waals surface area contributed by atoms with Gasteiger partial charge in [0.1, 0.15) is 28.9 Å². The van der Waals surface area contributed by atoms with E-state index in [1.807, 2.05) is 19.1 Å². The van der Waals surface area contributed by atoms with Crippen LogP contribution in [0, 0.1) is 47.2 Å². The Morgan fingerprint density at radius 2 is 1.88 bits per heavy atom. The molecule has 1 aromatic carbocycles. The zero-order valence-electron chi connectivity index (χ0n) is 25.6. The lowest BCUT2D eigenvalue weighted by Gasteiger charge is -2.52. The van der Waals surface area contributed by atoms with Gasteiger partial charge in [0.25, 0.3) is 0 Å². The van der Waals surface area contributed by atoms with E-state index in [0.717, 1.165) is 6.42 Å². The van der Waals surface area contributed by atoms with Crippen LogP contribution < -0.4 is 0 Å². The smallest absolute Gasteiger partial charge is 0.344 e. The fourth-order valence-electron chi connectivity index (χ4n) is 8.92. The van der Waals surface area contributed by atoms with Gasteiger partial charge in [0.05, 0.1) is 12.0 Å². The van der Waals surface area contributed by atoms with Crippen LogP contribution in [-0.4, -0.2) is 52.2 Å². The van der Waals surface area contributed by atoms with Crippen LogP contribution >= 0.6 is 0 Å². The largest absolute Gasteiger partial charge is 0.451 e. The number of carbonyl (C=O) groups excluding carboxylic acids is 2. The van der Waals surface area contributed by atoms with Gasteiger partial charge in [-0.25, -0.2) is 9.18 Å². The fourth-order valence-corrected chi connectivity index (χ4v) is 8.92. The summed E-state index contributed by atoms with van der Waals surface area (Å²) < 4.78 is 38.9. The van der Waals surface area contributed by atoms with Crippen LogP contribution in [0.15, 0.2) is 52.1 Å². The second-order valence-electron chi connectivity index (χ2n) is 14.2. The molecule has 1 aromatic heterocycles. The van der Waals surface area contributed by atoms with Crippen molar-refractivity contribution in [1.29, 1.82) is 0 Å². The number of aryl methyl sites for hydroxylation is 1. The molecule has 8 atom stereocenters. The summed E-state index contributed by atoms with van der Waals surface area (Å²) in [5, 5.41) is 17.2. The summed E-state index contributed by atoms with van der Waals surface area (Å²) in [5.41, 5.74) is -2.06. The van der Waals surface area contributed by atoms with Crippen molar-refractivity contribution in [3.05, 3.63) is 64.7 Å². The molecule has 8 nitrogen and oxygen atoms in total. The van der Waals surface area contributed by atoms with Gasteiger partial charge in [0, 0.05) is 11.5 Å². The van der Waals surface area contributed by atoms with Gasteiger partial charge in [0.15, 0.2) is 23.3 Å². The van der Waals surface area contributed by atoms with Crippen LogP contribution in [0.3, 0.4) is 0 Å². The number of carbonyl (C=O) groups is 2. The van der Waals surface area contributed by atoms with Crippen molar-refractivity contribution >= 4 is 11.8 Å². The SMILES string of the molecule is CC1=CC23C(=O)C(C=C4COC(C)(C)OC4C2(O)C1OC(=O)c1c(-c2ccccc2F)noc1C)C1C(CC3C)C1(C)C. The number of aliphatic hydroxyl groups is 1. The van der Waals surface area contributed by atoms with E-state index < -0.39 is 46.7 Å². The number of hydrogen-bond donors (Lipinski definition) is 1. The summed E-state index contributed by atoms with van der Waals surface area (Å²) in [6, 6.07) is 5.96. The third-order valence-electron chi connectivity index (χ3n) is 11.1. The number of halogens is 1. The molecule has 7 rings (SSSR count). The molecule has 8 unspecified atom stereocenters. The van der Waals surface area contributed by atoms with Crippen molar-refractivity contribution in [2.24, 2.45) is 34.5 Å². The fraction of sp³-hybridized carbons (Fsp3) is 0.559. The predicted molar refractivity (Wildman–Crippen MR) is 153 cm³/mol. The minimum atomic E-state index is -1.96. The summed E-state index contributed by atoms with van der Waals surface area (Å²) in [6.45, 7) is 13.5. The van der Waals surface area contributed by atoms with Gasteiger partial charge in [0.2, 0.25) is 0 Å². The highest BCUT2D eigenvalue weighted by Crippen LogP contribution is 2.72. The average Bonchev–Trinajstić information content (AvgIpc) is 3.19. The van der Waals surface area contributed by atoms with Crippen molar-refractivity contribution in [2.75, 3.05) is 6.61 Å². The van der Waals surface area contributed by atoms with E-state index in [0.29, 0.717) is 17.1 Å². The molecule has 5 aliphatic rings. The first-order chi connectivity index (χ1) is 20.1. The number of rotatable bonds is 3. The van der Waals surface area contributed by atoms with Gasteiger partial charge in [-0.05, 0) is 80.6 Å². The van der Waals surface area contributed by atoms with Gasteiger partial charge in [-0.15, -0.1) is 0 Å². The van der Waals surface area contributed by atoms with Crippen LogP contribution in [0.2, 0.25) is 0 Å². The lowest BCUT2D eigenvalue weighted by molar-refractivity contribution is -0.302. The molecule has 43 heavy (non-hydrogen) atoms. The minimum absolute atomic E-state index is 0.00753. The van der Waals surface area contributed by atoms with Crippen LogP contribution in [0.1, 0.15) is 64.1 Å². The Morgan fingerprint density at radius 1 is 1.16 bits per heavy atom. The second-order valence-corrected chi connectivity index (χ2v) is 14.2. The molecule has 228 valence electrons. The first-order valence-electron chi connectivity index (χ1n) is 15.1. The van der Waals surface area contributed by atoms with E-state index in [1.165, 1.54) is 12.1 Å². The van der Waals surface area contributed by atoms with Crippen molar-refractivity contribution in [3.8, 4) is 11.3 Å². The highest BCUT2D eigenvalue weighted by atomic mass is 19.1. The number of aromatic nitrogens is 1. The Balaban J connectivity index is 1.36. The number of nitrogens with zero attached hydrogens (tertiary/aromatic N) is 1. The van der Waals surface area contributed by atoms with E-state index in [1.54, 1.807) is 39.8 Å². The number of ketones is 1. The van der Waals surface area contributed by atoms with E-state index in [2.05, 4.69) is 19.0 Å². The maximum Gasteiger partial charge on any atom is 0.344 e. The third kappa shape index (κ3) is 3.68. The van der Waals surface area contributed by atoms with E-state index >= 15 is 0 Å². The molecule has 3 fully saturated rings. The molecular formula is C34H38FNO7. The molecule has 2 aromatic rings. The molecule has 0 amide bonds. The van der Waals surface area contributed by atoms with Crippen LogP contribution in [-0.2, 0) is 19.0 Å². The minimum Gasteiger partial charge on any atom is -0.451 e. The van der Waals surface area contributed by atoms with Gasteiger partial charge >= 0.3 is 5.97 Å². The number of Topliss-reactive ketones (excluding diaryl/α,β-unsaturated/α-hetero) is 1. The van der Waals surface area contributed by atoms with Crippen LogP contribution in [0.25, 0.3) is 11.3 Å². The van der Waals surface area contributed by atoms with Crippen molar-refractivity contribution in [3.63, 3.8) is 0 Å². The highest BCUT2D eigenvalue weighted by Gasteiger charge is 2.77. The number of esters is 1. The Bertz CT molecular complexity index is 1620. The van der Waals surface area contributed by atoms with Gasteiger partial charge in [-0.2, -0.15) is 0 Å². The Hall–Kier alpha value is -3.14. The molecule has 2 bridgehead atoms.